The number of likely N-dealkylation sites (N-methyl/N-ethyl adjacent to an activating group) is 1. The standard InChI is InChI=1S/C27H35N5O5S/c1-30(2)20-8-5-7-19(15-20)24(17-32-14-12-21(33)16-32)31(3)26(34)18-37-25-11-10-23(29-38(4,35)36)27-22(25)9-6-13-28-27/h5-11,13,15,21,24,29,33H,12,14,16-18H2,1-4H3/t21-,24+/m0/s1. The molecule has 2 N–H and O–H groups in total. The van der Waals surface area contributed by atoms with Gasteiger partial charge in [-0.15, -0.1) is 0 Å². The van der Waals surface area contributed by atoms with Crippen LogP contribution in [0.1, 0.15) is 18.0 Å². The number of benzene rings is 2. The van der Waals surface area contributed by atoms with Crippen LogP contribution in [0.4, 0.5) is 11.4 Å². The first-order valence-corrected chi connectivity index (χ1v) is 14.3. The van der Waals surface area contributed by atoms with Crippen LogP contribution in [0.3, 0.4) is 0 Å². The van der Waals surface area contributed by atoms with Gasteiger partial charge in [-0.2, -0.15) is 0 Å². The third-order valence-corrected chi connectivity index (χ3v) is 7.28. The number of likely N-dealkylation sites (tertiary alicyclic amines) is 1. The minimum absolute atomic E-state index is 0.203. The van der Waals surface area contributed by atoms with Gasteiger partial charge in [0.15, 0.2) is 6.61 Å². The molecule has 11 heteroatoms. The summed E-state index contributed by atoms with van der Waals surface area (Å²) in [6, 6.07) is 14.6. The largest absolute Gasteiger partial charge is 0.483 e. The lowest BCUT2D eigenvalue weighted by Crippen LogP contribution is -2.41. The third kappa shape index (κ3) is 6.72. The number of rotatable bonds is 10. The molecule has 4 rings (SSSR count). The maximum Gasteiger partial charge on any atom is 0.260 e. The number of ether oxygens (including phenoxy) is 1. The van der Waals surface area contributed by atoms with E-state index in [0.717, 1.165) is 30.5 Å². The SMILES string of the molecule is CN(C)c1cccc([C@@H](CN2CC[C@H](O)C2)N(C)C(=O)COc2ccc(NS(C)(=O)=O)c3ncccc23)c1. The lowest BCUT2D eigenvalue weighted by molar-refractivity contribution is -0.134. The first-order chi connectivity index (χ1) is 18.0. The van der Waals surface area contributed by atoms with E-state index in [9.17, 15) is 18.3 Å². The second kappa shape index (κ2) is 11.5. The molecule has 1 aromatic heterocycles. The molecule has 1 aliphatic rings. The number of nitrogens with one attached hydrogen (secondary N) is 1. The minimum Gasteiger partial charge on any atom is -0.483 e. The van der Waals surface area contributed by atoms with Crippen molar-refractivity contribution in [1.82, 2.24) is 14.8 Å². The van der Waals surface area contributed by atoms with Gasteiger partial charge in [-0.3, -0.25) is 19.4 Å². The number of anilines is 2. The molecule has 3 aromatic rings. The Morgan fingerprint density at radius 2 is 2.00 bits per heavy atom. The quantitative estimate of drug-likeness (QED) is 0.402. The third-order valence-electron chi connectivity index (χ3n) is 6.69. The van der Waals surface area contributed by atoms with Crippen LogP contribution in [0.5, 0.6) is 5.75 Å². The summed E-state index contributed by atoms with van der Waals surface area (Å²) in [6.45, 7) is 1.74. The maximum absolute atomic E-state index is 13.4. The van der Waals surface area contributed by atoms with Gasteiger partial charge in [-0.05, 0) is 48.4 Å². The maximum atomic E-state index is 13.4. The Labute approximate surface area is 223 Å². The minimum atomic E-state index is -3.49. The summed E-state index contributed by atoms with van der Waals surface area (Å²) in [5.41, 5.74) is 2.81. The number of pyridine rings is 1. The van der Waals surface area contributed by atoms with Gasteiger partial charge in [0.25, 0.3) is 5.91 Å². The van der Waals surface area contributed by atoms with Crippen LogP contribution in [0.15, 0.2) is 54.7 Å². The highest BCUT2D eigenvalue weighted by molar-refractivity contribution is 7.92. The van der Waals surface area contributed by atoms with Gasteiger partial charge in [0.2, 0.25) is 10.0 Å². The Bertz CT molecular complexity index is 1400. The Hall–Kier alpha value is -3.41. The van der Waals surface area contributed by atoms with Crippen LogP contribution in [0.25, 0.3) is 10.9 Å². The first-order valence-electron chi connectivity index (χ1n) is 12.4. The predicted molar refractivity (Wildman–Crippen MR) is 149 cm³/mol. The Morgan fingerprint density at radius 3 is 2.68 bits per heavy atom. The predicted octanol–water partition coefficient (Wildman–Crippen LogP) is 2.32. The number of fused-ring (bicyclic) bond motifs is 1. The van der Waals surface area contributed by atoms with Gasteiger partial charge in [0, 0.05) is 58.0 Å². The summed E-state index contributed by atoms with van der Waals surface area (Å²) in [6.07, 6.45) is 3.01. The summed E-state index contributed by atoms with van der Waals surface area (Å²) in [4.78, 5) is 23.6. The molecule has 0 radical (unpaired) electrons. The fourth-order valence-electron chi connectivity index (χ4n) is 4.65. The van der Waals surface area contributed by atoms with E-state index in [1.165, 1.54) is 0 Å². The molecular weight excluding hydrogens is 506 g/mol. The summed E-state index contributed by atoms with van der Waals surface area (Å²) < 4.78 is 31.9. The first kappa shape index (κ1) is 27.6. The van der Waals surface area contributed by atoms with Crippen LogP contribution in [0, 0.1) is 0 Å². The fraction of sp³-hybridized carbons (Fsp3) is 0.407. The average Bonchev–Trinajstić information content (AvgIpc) is 3.30. The van der Waals surface area contributed by atoms with E-state index in [2.05, 4.69) is 20.7 Å². The molecule has 10 nitrogen and oxygen atoms in total. The molecule has 0 unspecified atom stereocenters. The monoisotopic (exact) mass is 541 g/mol. The van der Waals surface area contributed by atoms with Gasteiger partial charge < -0.3 is 19.6 Å². The number of aromatic nitrogens is 1. The number of carbonyl (C=O) groups excluding carboxylic acids is 1. The molecule has 0 aliphatic carbocycles. The van der Waals surface area contributed by atoms with Crippen molar-refractivity contribution >= 4 is 38.2 Å². The number of hydrogen-bond donors (Lipinski definition) is 2. The van der Waals surface area contributed by atoms with Gasteiger partial charge >= 0.3 is 0 Å². The average molecular weight is 542 g/mol. The summed E-state index contributed by atoms with van der Waals surface area (Å²) >= 11 is 0. The van der Waals surface area contributed by atoms with Crippen LogP contribution < -0.4 is 14.4 Å². The van der Waals surface area contributed by atoms with Crippen molar-refractivity contribution < 1.29 is 23.1 Å². The van der Waals surface area contributed by atoms with Gasteiger partial charge in [0.05, 0.1) is 29.6 Å². The number of sulfonamides is 1. The summed E-state index contributed by atoms with van der Waals surface area (Å²) in [7, 11) is 2.23. The van der Waals surface area contributed by atoms with E-state index in [4.69, 9.17) is 4.74 Å². The zero-order valence-corrected chi connectivity index (χ0v) is 23.0. The number of β-amino-alcohol motifs (C(OH)–C–C–N with tert-alkyl or cyclic N) is 1. The lowest BCUT2D eigenvalue weighted by Gasteiger charge is -2.32. The number of carbonyl (C=O) groups is 1. The number of aliphatic hydroxyl groups is 1. The summed E-state index contributed by atoms with van der Waals surface area (Å²) in [5, 5.41) is 10.6. The molecule has 1 aliphatic heterocycles. The molecule has 0 saturated carbocycles. The zero-order chi connectivity index (χ0) is 27.4. The number of hydrogen-bond acceptors (Lipinski definition) is 8. The molecule has 1 fully saturated rings. The smallest absolute Gasteiger partial charge is 0.260 e. The van der Waals surface area contributed by atoms with E-state index >= 15 is 0 Å². The zero-order valence-electron chi connectivity index (χ0n) is 22.2. The Balaban J connectivity index is 1.55. The van der Waals surface area contributed by atoms with E-state index < -0.39 is 10.0 Å². The molecular formula is C27H35N5O5S. The Kier molecular flexibility index (Phi) is 8.39. The van der Waals surface area contributed by atoms with Crippen LogP contribution in [-0.4, -0.2) is 94.0 Å². The number of aliphatic hydroxyl groups excluding tert-OH is 1. The molecule has 0 bridgehead atoms. The van der Waals surface area contributed by atoms with E-state index in [0.29, 0.717) is 35.4 Å². The van der Waals surface area contributed by atoms with Crippen molar-refractivity contribution in [3.05, 3.63) is 60.3 Å². The molecule has 2 atom stereocenters. The molecule has 2 heterocycles. The normalized spacial score (nSPS) is 16.8. The van der Waals surface area contributed by atoms with E-state index in [1.807, 2.05) is 37.2 Å². The van der Waals surface area contributed by atoms with Crippen molar-refractivity contribution in [3.63, 3.8) is 0 Å². The van der Waals surface area contributed by atoms with Crippen LogP contribution in [0.2, 0.25) is 0 Å². The van der Waals surface area contributed by atoms with Crippen LogP contribution in [-0.2, 0) is 14.8 Å². The topological polar surface area (TPSA) is 115 Å². The molecule has 0 spiro atoms. The van der Waals surface area contributed by atoms with Gasteiger partial charge in [-0.25, -0.2) is 8.42 Å². The van der Waals surface area contributed by atoms with Crippen molar-refractivity contribution in [3.8, 4) is 5.75 Å². The molecule has 38 heavy (non-hydrogen) atoms. The van der Waals surface area contributed by atoms with E-state index in [-0.39, 0.29) is 24.7 Å². The fourth-order valence-corrected chi connectivity index (χ4v) is 5.22. The highest BCUT2D eigenvalue weighted by atomic mass is 32.2. The lowest BCUT2D eigenvalue weighted by atomic mass is 10.0. The van der Waals surface area contributed by atoms with Gasteiger partial charge in [0.1, 0.15) is 5.75 Å². The number of amides is 1. The molecule has 1 amide bonds. The second-order valence-electron chi connectivity index (χ2n) is 9.89. The van der Waals surface area contributed by atoms with Crippen molar-refractivity contribution in [2.45, 2.75) is 18.6 Å². The Morgan fingerprint density at radius 1 is 1.21 bits per heavy atom. The number of nitrogens with zero attached hydrogens (tertiary/aromatic N) is 4. The molecule has 1 saturated heterocycles. The molecule has 204 valence electrons. The van der Waals surface area contributed by atoms with Crippen molar-refractivity contribution in [2.24, 2.45) is 0 Å². The highest BCUT2D eigenvalue weighted by Crippen LogP contribution is 2.31. The van der Waals surface area contributed by atoms with E-state index in [1.54, 1.807) is 42.4 Å². The summed E-state index contributed by atoms with van der Waals surface area (Å²) in [5.74, 6) is 0.225. The van der Waals surface area contributed by atoms with Gasteiger partial charge in [-0.1, -0.05) is 12.1 Å². The second-order valence-corrected chi connectivity index (χ2v) is 11.6. The molecule has 2 aromatic carbocycles. The van der Waals surface area contributed by atoms with Crippen molar-refractivity contribution in [2.75, 3.05) is 63.3 Å². The van der Waals surface area contributed by atoms with Crippen LogP contribution >= 0.6 is 0 Å². The highest BCUT2D eigenvalue weighted by Gasteiger charge is 2.28. The van der Waals surface area contributed by atoms with Crippen molar-refractivity contribution in [1.29, 1.82) is 0 Å².